The van der Waals surface area contributed by atoms with E-state index in [9.17, 15) is 9.59 Å². The summed E-state index contributed by atoms with van der Waals surface area (Å²) in [5.74, 6) is -0.0112. The third-order valence-corrected chi connectivity index (χ3v) is 2.77. The Morgan fingerprint density at radius 3 is 2.37 bits per heavy atom. The lowest BCUT2D eigenvalue weighted by molar-refractivity contribution is 0.108. The first kappa shape index (κ1) is 12.9. The van der Waals surface area contributed by atoms with Gasteiger partial charge in [-0.25, -0.2) is 9.59 Å². The number of rotatable bonds is 2. The summed E-state index contributed by atoms with van der Waals surface area (Å²) in [6.45, 7) is 0. The van der Waals surface area contributed by atoms with E-state index in [2.05, 4.69) is 4.74 Å². The molecule has 19 heavy (non-hydrogen) atoms. The number of hydrogen-bond donors (Lipinski definition) is 2. The van der Waals surface area contributed by atoms with Crippen molar-refractivity contribution in [1.82, 2.24) is 0 Å². The Bertz CT molecular complexity index is 546. The van der Waals surface area contributed by atoms with Gasteiger partial charge in [0.1, 0.15) is 0 Å². The van der Waals surface area contributed by atoms with E-state index in [4.69, 9.17) is 14.9 Å². The largest absolute Gasteiger partial charge is 0.511 e. The van der Waals surface area contributed by atoms with Gasteiger partial charge in [-0.05, 0) is 18.4 Å². The van der Waals surface area contributed by atoms with Crippen LogP contribution in [0.1, 0.15) is 24.0 Å². The fourth-order valence-corrected chi connectivity index (χ4v) is 2.06. The molecule has 0 unspecified atom stereocenters. The third kappa shape index (κ3) is 3.04. The molecular formula is C13H12O6. The Morgan fingerprint density at radius 1 is 1.00 bits per heavy atom. The molecule has 0 bridgehead atoms. The normalized spacial score (nSPS) is 14.3. The second-order valence-electron chi connectivity index (χ2n) is 4.00. The van der Waals surface area contributed by atoms with Crippen molar-refractivity contribution < 1.29 is 29.3 Å². The third-order valence-electron chi connectivity index (χ3n) is 2.77. The van der Waals surface area contributed by atoms with Gasteiger partial charge in [0.25, 0.3) is 0 Å². The Morgan fingerprint density at radius 2 is 1.68 bits per heavy atom. The second kappa shape index (κ2) is 5.43. The van der Waals surface area contributed by atoms with Gasteiger partial charge >= 0.3 is 12.3 Å². The highest BCUT2D eigenvalue weighted by atomic mass is 16.7. The minimum atomic E-state index is -1.50. The molecule has 0 heterocycles. The number of carboxylic acid groups (broad SMARTS) is 2. The van der Waals surface area contributed by atoms with E-state index in [0.717, 1.165) is 5.56 Å². The summed E-state index contributed by atoms with van der Waals surface area (Å²) in [5.41, 5.74) is 1.46. The molecule has 0 saturated heterocycles. The highest BCUT2D eigenvalue weighted by molar-refractivity contribution is 5.76. The fourth-order valence-electron chi connectivity index (χ4n) is 2.06. The van der Waals surface area contributed by atoms with Crippen LogP contribution < -0.4 is 0 Å². The molecule has 1 aliphatic carbocycles. The lowest BCUT2D eigenvalue weighted by atomic mass is 10.0. The van der Waals surface area contributed by atoms with Crippen LogP contribution in [0.25, 0.3) is 5.76 Å². The van der Waals surface area contributed by atoms with Crippen molar-refractivity contribution in [1.29, 1.82) is 0 Å². The molecule has 6 nitrogen and oxygen atoms in total. The van der Waals surface area contributed by atoms with Gasteiger partial charge in [0.15, 0.2) is 11.5 Å². The van der Waals surface area contributed by atoms with Crippen LogP contribution in [0.5, 0.6) is 0 Å². The van der Waals surface area contributed by atoms with Gasteiger partial charge < -0.3 is 19.7 Å². The van der Waals surface area contributed by atoms with E-state index in [1.165, 1.54) is 0 Å². The Hall–Kier alpha value is -2.50. The molecule has 1 aliphatic rings. The van der Waals surface area contributed by atoms with Crippen LogP contribution in [0.3, 0.4) is 0 Å². The predicted molar refractivity (Wildman–Crippen MR) is 64.5 cm³/mol. The van der Waals surface area contributed by atoms with Crippen molar-refractivity contribution in [3.05, 3.63) is 41.2 Å². The van der Waals surface area contributed by atoms with E-state index in [-0.39, 0.29) is 11.5 Å². The molecule has 100 valence electrons. The first-order valence-electron chi connectivity index (χ1n) is 5.71. The monoisotopic (exact) mass is 264 g/mol. The average Bonchev–Trinajstić information content (AvgIpc) is 2.49. The first-order chi connectivity index (χ1) is 9.08. The van der Waals surface area contributed by atoms with E-state index in [1.54, 1.807) is 12.1 Å². The number of aryl methyl sites for hydroxylation is 1. The van der Waals surface area contributed by atoms with Crippen molar-refractivity contribution in [2.24, 2.45) is 0 Å². The van der Waals surface area contributed by atoms with Crippen LogP contribution in [0.15, 0.2) is 30.0 Å². The van der Waals surface area contributed by atoms with Gasteiger partial charge in [-0.3, -0.25) is 0 Å². The van der Waals surface area contributed by atoms with E-state index in [0.29, 0.717) is 24.8 Å². The van der Waals surface area contributed by atoms with Gasteiger partial charge in [-0.2, -0.15) is 0 Å². The molecule has 0 saturated carbocycles. The van der Waals surface area contributed by atoms with Gasteiger partial charge in [0.05, 0.1) is 0 Å². The van der Waals surface area contributed by atoms with Crippen LogP contribution in [0.2, 0.25) is 0 Å². The zero-order valence-electron chi connectivity index (χ0n) is 9.96. The Kier molecular flexibility index (Phi) is 3.70. The summed E-state index contributed by atoms with van der Waals surface area (Å²) < 4.78 is 9.37. The summed E-state index contributed by atoms with van der Waals surface area (Å²) in [4.78, 5) is 21.4. The standard InChI is InChI=1S/C13H12O6/c14-12(15)18-10-7-3-5-8-4-1-2-6-9(8)11(10)19-13(16)17/h1-2,4,6H,3,5,7H2,(H,14,15)(H,16,17). The van der Waals surface area contributed by atoms with Crippen LogP contribution in [-0.4, -0.2) is 22.5 Å². The highest BCUT2D eigenvalue weighted by Gasteiger charge is 2.23. The maximum absolute atomic E-state index is 10.8. The molecule has 0 radical (unpaired) electrons. The Labute approximate surface area is 108 Å². The lowest BCUT2D eigenvalue weighted by Gasteiger charge is -2.11. The van der Waals surface area contributed by atoms with Crippen molar-refractivity contribution >= 4 is 18.1 Å². The van der Waals surface area contributed by atoms with Crippen LogP contribution in [0, 0.1) is 0 Å². The van der Waals surface area contributed by atoms with Gasteiger partial charge in [0, 0.05) is 12.0 Å². The molecule has 1 aromatic carbocycles. The van der Waals surface area contributed by atoms with Gasteiger partial charge in [0.2, 0.25) is 0 Å². The fraction of sp³-hybridized carbons (Fsp3) is 0.231. The SMILES string of the molecule is O=C(O)OC1=C(OC(=O)O)c2ccccc2CCC1. The van der Waals surface area contributed by atoms with Crippen LogP contribution in [0.4, 0.5) is 9.59 Å². The summed E-state index contributed by atoms with van der Waals surface area (Å²) in [7, 11) is 0. The maximum Gasteiger partial charge on any atom is 0.511 e. The molecule has 0 aliphatic heterocycles. The molecule has 2 N–H and O–H groups in total. The zero-order valence-corrected chi connectivity index (χ0v) is 9.96. The van der Waals surface area contributed by atoms with E-state index >= 15 is 0 Å². The number of fused-ring (bicyclic) bond motifs is 1. The molecule has 0 spiro atoms. The minimum absolute atomic E-state index is 0.0276. The summed E-state index contributed by atoms with van der Waals surface area (Å²) in [6.07, 6.45) is -1.32. The molecule has 2 rings (SSSR count). The quantitative estimate of drug-likeness (QED) is 0.797. The summed E-state index contributed by atoms with van der Waals surface area (Å²) >= 11 is 0. The number of allylic oxidation sites excluding steroid dienone is 1. The minimum Gasteiger partial charge on any atom is -0.449 e. The molecule has 0 fully saturated rings. The Balaban J connectivity index is 2.51. The van der Waals surface area contributed by atoms with Crippen LogP contribution >= 0.6 is 0 Å². The van der Waals surface area contributed by atoms with Crippen molar-refractivity contribution in [2.75, 3.05) is 0 Å². The van der Waals surface area contributed by atoms with Gasteiger partial charge in [-0.1, -0.05) is 24.3 Å². The van der Waals surface area contributed by atoms with E-state index in [1.807, 2.05) is 12.1 Å². The molecule has 0 aromatic heterocycles. The zero-order chi connectivity index (χ0) is 13.8. The maximum atomic E-state index is 10.8. The molecule has 0 amide bonds. The van der Waals surface area contributed by atoms with Crippen molar-refractivity contribution in [2.45, 2.75) is 19.3 Å². The summed E-state index contributed by atoms with van der Waals surface area (Å²) in [6, 6.07) is 7.10. The molecule has 6 heteroatoms. The predicted octanol–water partition coefficient (Wildman–Crippen LogP) is 3.08. The number of benzene rings is 1. The first-order valence-corrected chi connectivity index (χ1v) is 5.71. The van der Waals surface area contributed by atoms with Crippen molar-refractivity contribution in [3.63, 3.8) is 0 Å². The molecule has 0 atom stereocenters. The summed E-state index contributed by atoms with van der Waals surface area (Å²) in [5, 5.41) is 17.5. The van der Waals surface area contributed by atoms with E-state index < -0.39 is 12.3 Å². The lowest BCUT2D eigenvalue weighted by Crippen LogP contribution is -2.07. The number of ether oxygens (including phenoxy) is 2. The topological polar surface area (TPSA) is 93.1 Å². The van der Waals surface area contributed by atoms with Crippen LogP contribution in [-0.2, 0) is 15.9 Å². The average molecular weight is 264 g/mol. The molecular weight excluding hydrogens is 252 g/mol. The highest BCUT2D eigenvalue weighted by Crippen LogP contribution is 2.31. The number of hydrogen-bond acceptors (Lipinski definition) is 4. The number of carbonyl (C=O) groups is 2. The van der Waals surface area contributed by atoms with Crippen molar-refractivity contribution in [3.8, 4) is 0 Å². The second-order valence-corrected chi connectivity index (χ2v) is 4.00. The smallest absolute Gasteiger partial charge is 0.449 e. The van der Waals surface area contributed by atoms with Gasteiger partial charge in [-0.15, -0.1) is 0 Å². The molecule has 1 aromatic rings.